The SMILES string of the molecule is CCC(CC)(OC)c1noc(CCNC2CC2)n1. The van der Waals surface area contributed by atoms with Gasteiger partial charge < -0.3 is 14.6 Å². The molecule has 1 aliphatic rings. The fraction of sp³-hybridized carbons (Fsp3) is 0.846. The Labute approximate surface area is 108 Å². The summed E-state index contributed by atoms with van der Waals surface area (Å²) in [6.45, 7) is 5.07. The van der Waals surface area contributed by atoms with Gasteiger partial charge >= 0.3 is 0 Å². The van der Waals surface area contributed by atoms with Crippen molar-refractivity contribution in [2.75, 3.05) is 13.7 Å². The van der Waals surface area contributed by atoms with E-state index in [4.69, 9.17) is 9.26 Å². The van der Waals surface area contributed by atoms with Crippen LogP contribution in [0, 0.1) is 0 Å². The molecule has 1 aromatic rings. The van der Waals surface area contributed by atoms with E-state index in [1.165, 1.54) is 12.8 Å². The van der Waals surface area contributed by atoms with Gasteiger partial charge in [-0.05, 0) is 25.7 Å². The van der Waals surface area contributed by atoms with Crippen LogP contribution in [0.5, 0.6) is 0 Å². The normalized spacial score (nSPS) is 16.2. The number of aromatic nitrogens is 2. The molecule has 1 aliphatic carbocycles. The summed E-state index contributed by atoms with van der Waals surface area (Å²) in [5, 5.41) is 7.51. The summed E-state index contributed by atoms with van der Waals surface area (Å²) in [6.07, 6.45) is 5.08. The van der Waals surface area contributed by atoms with Crippen molar-refractivity contribution in [1.82, 2.24) is 15.5 Å². The van der Waals surface area contributed by atoms with Crippen LogP contribution in [0.2, 0.25) is 0 Å². The van der Waals surface area contributed by atoms with Crippen LogP contribution in [-0.2, 0) is 16.8 Å². The third-order valence-corrected chi connectivity index (χ3v) is 3.76. The molecular formula is C13H23N3O2. The molecule has 1 N–H and O–H groups in total. The van der Waals surface area contributed by atoms with Gasteiger partial charge in [-0.25, -0.2) is 0 Å². The second-order valence-electron chi connectivity index (χ2n) is 4.90. The highest BCUT2D eigenvalue weighted by Crippen LogP contribution is 2.30. The minimum atomic E-state index is -0.397. The van der Waals surface area contributed by atoms with Gasteiger partial charge in [-0.15, -0.1) is 0 Å². The molecule has 102 valence electrons. The van der Waals surface area contributed by atoms with E-state index >= 15 is 0 Å². The Bertz CT molecular complexity index is 362. The second-order valence-corrected chi connectivity index (χ2v) is 4.90. The summed E-state index contributed by atoms with van der Waals surface area (Å²) >= 11 is 0. The van der Waals surface area contributed by atoms with Gasteiger partial charge in [0.25, 0.3) is 0 Å². The van der Waals surface area contributed by atoms with E-state index in [9.17, 15) is 0 Å². The molecular weight excluding hydrogens is 230 g/mol. The van der Waals surface area contributed by atoms with Gasteiger partial charge in [-0.3, -0.25) is 0 Å². The molecule has 0 radical (unpaired) electrons. The molecule has 0 aliphatic heterocycles. The van der Waals surface area contributed by atoms with E-state index < -0.39 is 5.60 Å². The zero-order chi connectivity index (χ0) is 13.0. The standard InChI is InChI=1S/C13H23N3O2/c1-4-13(5-2,17-3)12-15-11(18-16-12)8-9-14-10-6-7-10/h10,14H,4-9H2,1-3H3. The van der Waals surface area contributed by atoms with Crippen LogP contribution in [0.15, 0.2) is 4.52 Å². The van der Waals surface area contributed by atoms with Gasteiger partial charge in [-0.1, -0.05) is 19.0 Å². The first-order chi connectivity index (χ1) is 8.74. The molecule has 0 unspecified atom stereocenters. The molecule has 0 atom stereocenters. The molecule has 5 heteroatoms. The van der Waals surface area contributed by atoms with Crippen molar-refractivity contribution in [2.24, 2.45) is 0 Å². The van der Waals surface area contributed by atoms with Crippen LogP contribution >= 0.6 is 0 Å². The Balaban J connectivity index is 1.94. The number of ether oxygens (including phenoxy) is 1. The van der Waals surface area contributed by atoms with E-state index in [2.05, 4.69) is 29.3 Å². The third-order valence-electron chi connectivity index (χ3n) is 3.76. The predicted octanol–water partition coefficient (Wildman–Crippen LogP) is 2.03. The van der Waals surface area contributed by atoms with Crippen LogP contribution in [0.3, 0.4) is 0 Å². The maximum Gasteiger partial charge on any atom is 0.228 e. The Kier molecular flexibility index (Phi) is 4.35. The van der Waals surface area contributed by atoms with Crippen LogP contribution < -0.4 is 5.32 Å². The lowest BCUT2D eigenvalue weighted by atomic mass is 9.96. The molecule has 0 bridgehead atoms. The van der Waals surface area contributed by atoms with Crippen molar-refractivity contribution in [3.05, 3.63) is 11.7 Å². The lowest BCUT2D eigenvalue weighted by Gasteiger charge is -2.25. The zero-order valence-electron chi connectivity index (χ0n) is 11.5. The lowest BCUT2D eigenvalue weighted by molar-refractivity contribution is -0.0306. The number of methoxy groups -OCH3 is 1. The van der Waals surface area contributed by atoms with E-state index in [1.807, 2.05) is 0 Å². The van der Waals surface area contributed by atoms with Gasteiger partial charge in [0.2, 0.25) is 11.7 Å². The largest absolute Gasteiger partial charge is 0.370 e. The number of nitrogens with zero attached hydrogens (tertiary/aromatic N) is 2. The lowest BCUT2D eigenvalue weighted by Crippen LogP contribution is -2.28. The Hall–Kier alpha value is -0.940. The van der Waals surface area contributed by atoms with Gasteiger partial charge in [0.15, 0.2) is 0 Å². The van der Waals surface area contributed by atoms with Gasteiger partial charge in [0, 0.05) is 26.1 Å². The topological polar surface area (TPSA) is 60.2 Å². The van der Waals surface area contributed by atoms with Gasteiger partial charge in [0.05, 0.1) is 0 Å². The summed E-state index contributed by atoms with van der Waals surface area (Å²) in [7, 11) is 1.71. The Morgan fingerprint density at radius 1 is 1.39 bits per heavy atom. The summed E-state index contributed by atoms with van der Waals surface area (Å²) in [5.41, 5.74) is -0.397. The molecule has 1 aromatic heterocycles. The fourth-order valence-electron chi connectivity index (χ4n) is 2.16. The van der Waals surface area contributed by atoms with Crippen LogP contribution in [0.25, 0.3) is 0 Å². The smallest absolute Gasteiger partial charge is 0.228 e. The average Bonchev–Trinajstić information content (AvgIpc) is 3.10. The van der Waals surface area contributed by atoms with Crippen LogP contribution in [-0.4, -0.2) is 29.8 Å². The molecule has 5 nitrogen and oxygen atoms in total. The zero-order valence-corrected chi connectivity index (χ0v) is 11.5. The molecule has 1 saturated carbocycles. The quantitative estimate of drug-likeness (QED) is 0.768. The molecule has 0 aromatic carbocycles. The van der Waals surface area contributed by atoms with Crippen LogP contribution in [0.1, 0.15) is 51.2 Å². The molecule has 2 rings (SSSR count). The minimum Gasteiger partial charge on any atom is -0.370 e. The third kappa shape index (κ3) is 2.90. The second kappa shape index (κ2) is 5.80. The van der Waals surface area contributed by atoms with Crippen molar-refractivity contribution < 1.29 is 9.26 Å². The molecule has 18 heavy (non-hydrogen) atoms. The number of nitrogens with one attached hydrogen (secondary N) is 1. The molecule has 1 fully saturated rings. The first-order valence-electron chi connectivity index (χ1n) is 6.85. The maximum atomic E-state index is 5.59. The molecule has 1 heterocycles. The molecule has 0 saturated heterocycles. The number of rotatable bonds is 8. The minimum absolute atomic E-state index is 0.397. The average molecular weight is 253 g/mol. The monoisotopic (exact) mass is 253 g/mol. The van der Waals surface area contributed by atoms with Crippen molar-refractivity contribution >= 4 is 0 Å². The number of hydrogen-bond donors (Lipinski definition) is 1. The van der Waals surface area contributed by atoms with Crippen LogP contribution in [0.4, 0.5) is 0 Å². The first-order valence-corrected chi connectivity index (χ1v) is 6.85. The fourth-order valence-corrected chi connectivity index (χ4v) is 2.16. The summed E-state index contributed by atoms with van der Waals surface area (Å²) in [4.78, 5) is 4.47. The highest BCUT2D eigenvalue weighted by molar-refractivity contribution is 5.01. The summed E-state index contributed by atoms with van der Waals surface area (Å²) in [6, 6.07) is 0.719. The highest BCUT2D eigenvalue weighted by Gasteiger charge is 2.33. The predicted molar refractivity (Wildman–Crippen MR) is 68.3 cm³/mol. The van der Waals surface area contributed by atoms with E-state index in [0.29, 0.717) is 11.7 Å². The molecule has 0 spiro atoms. The Morgan fingerprint density at radius 3 is 2.67 bits per heavy atom. The summed E-state index contributed by atoms with van der Waals surface area (Å²) in [5.74, 6) is 1.37. The maximum absolute atomic E-state index is 5.59. The van der Waals surface area contributed by atoms with Crippen molar-refractivity contribution in [2.45, 2.75) is 57.6 Å². The number of hydrogen-bond acceptors (Lipinski definition) is 5. The highest BCUT2D eigenvalue weighted by atomic mass is 16.5. The first kappa shape index (κ1) is 13.5. The van der Waals surface area contributed by atoms with Crippen molar-refractivity contribution in [3.63, 3.8) is 0 Å². The van der Waals surface area contributed by atoms with Crippen molar-refractivity contribution in [3.8, 4) is 0 Å². The van der Waals surface area contributed by atoms with E-state index in [1.54, 1.807) is 7.11 Å². The molecule has 0 amide bonds. The van der Waals surface area contributed by atoms with Gasteiger partial charge in [0.1, 0.15) is 5.60 Å². The van der Waals surface area contributed by atoms with E-state index in [0.717, 1.165) is 31.8 Å². The van der Waals surface area contributed by atoms with E-state index in [-0.39, 0.29) is 0 Å². The van der Waals surface area contributed by atoms with Gasteiger partial charge in [-0.2, -0.15) is 4.98 Å². The summed E-state index contributed by atoms with van der Waals surface area (Å²) < 4.78 is 10.9. The Morgan fingerprint density at radius 2 is 2.11 bits per heavy atom. The van der Waals surface area contributed by atoms with Crippen molar-refractivity contribution in [1.29, 1.82) is 0 Å².